The summed E-state index contributed by atoms with van der Waals surface area (Å²) < 4.78 is 0. The van der Waals surface area contributed by atoms with Crippen LogP contribution in [0.2, 0.25) is 0 Å². The first-order chi connectivity index (χ1) is 9.19. The van der Waals surface area contributed by atoms with Crippen molar-refractivity contribution in [1.82, 2.24) is 20.6 Å². The van der Waals surface area contributed by atoms with E-state index in [2.05, 4.69) is 20.6 Å². The van der Waals surface area contributed by atoms with Crippen LogP contribution in [0.1, 0.15) is 42.4 Å². The molecule has 1 aromatic rings. The Kier molecular flexibility index (Phi) is 4.85. The fraction of sp³-hybridized carbons (Fsp3) is 0.643. The van der Waals surface area contributed by atoms with Crippen LogP contribution < -0.4 is 10.6 Å². The Labute approximate surface area is 114 Å². The van der Waals surface area contributed by atoms with Crippen LogP contribution in [0.3, 0.4) is 0 Å². The summed E-state index contributed by atoms with van der Waals surface area (Å²) in [6.07, 6.45) is 3.36. The van der Waals surface area contributed by atoms with E-state index in [1.54, 1.807) is 7.05 Å². The second-order valence-electron chi connectivity index (χ2n) is 5.06. The van der Waals surface area contributed by atoms with E-state index >= 15 is 0 Å². The van der Waals surface area contributed by atoms with E-state index in [-0.39, 0.29) is 5.91 Å². The molecule has 1 fully saturated rings. The summed E-state index contributed by atoms with van der Waals surface area (Å²) >= 11 is 0. The predicted molar refractivity (Wildman–Crippen MR) is 74.0 cm³/mol. The summed E-state index contributed by atoms with van der Waals surface area (Å²) in [4.78, 5) is 20.5. The Morgan fingerprint density at radius 2 is 2.16 bits per heavy atom. The van der Waals surface area contributed by atoms with Gasteiger partial charge in [-0.15, -0.1) is 0 Å². The molecule has 0 saturated carbocycles. The van der Waals surface area contributed by atoms with Crippen molar-refractivity contribution in [3.8, 4) is 0 Å². The van der Waals surface area contributed by atoms with E-state index in [0.717, 1.165) is 43.1 Å². The van der Waals surface area contributed by atoms with E-state index in [9.17, 15) is 4.79 Å². The van der Waals surface area contributed by atoms with Gasteiger partial charge in [0, 0.05) is 30.8 Å². The maximum Gasteiger partial charge on any atom is 0.220 e. The van der Waals surface area contributed by atoms with Gasteiger partial charge in [-0.05, 0) is 45.3 Å². The third-order valence-corrected chi connectivity index (χ3v) is 3.52. The van der Waals surface area contributed by atoms with Gasteiger partial charge in [0.25, 0.3) is 0 Å². The van der Waals surface area contributed by atoms with Crippen LogP contribution in [0, 0.1) is 6.92 Å². The van der Waals surface area contributed by atoms with Gasteiger partial charge in [-0.1, -0.05) is 0 Å². The number of aromatic nitrogens is 2. The number of hydrogen-bond donors (Lipinski definition) is 2. The fourth-order valence-electron chi connectivity index (χ4n) is 2.42. The van der Waals surface area contributed by atoms with Crippen molar-refractivity contribution in [2.45, 2.75) is 38.5 Å². The minimum Gasteiger partial charge on any atom is -0.359 e. The van der Waals surface area contributed by atoms with Crippen LogP contribution in [-0.4, -0.2) is 36.0 Å². The van der Waals surface area contributed by atoms with Crippen molar-refractivity contribution >= 4 is 5.91 Å². The molecular weight excluding hydrogens is 240 g/mol. The molecule has 1 amide bonds. The molecule has 1 aromatic heterocycles. The summed E-state index contributed by atoms with van der Waals surface area (Å²) in [6, 6.07) is 1.98. The minimum atomic E-state index is 0.0553. The molecule has 5 heteroatoms. The SMILES string of the molecule is CNC(=O)CCc1cc(C)nc(C2CCNCC2)n1. The Morgan fingerprint density at radius 3 is 2.84 bits per heavy atom. The molecule has 1 saturated heterocycles. The normalized spacial score (nSPS) is 16.3. The van der Waals surface area contributed by atoms with Crippen LogP contribution in [0.4, 0.5) is 0 Å². The maximum atomic E-state index is 11.3. The van der Waals surface area contributed by atoms with Crippen molar-refractivity contribution in [3.63, 3.8) is 0 Å². The summed E-state index contributed by atoms with van der Waals surface area (Å²) in [6.45, 7) is 4.07. The van der Waals surface area contributed by atoms with E-state index in [1.165, 1.54) is 0 Å². The van der Waals surface area contributed by atoms with E-state index in [0.29, 0.717) is 18.8 Å². The average Bonchev–Trinajstić information content (AvgIpc) is 2.45. The van der Waals surface area contributed by atoms with Crippen molar-refractivity contribution in [2.24, 2.45) is 0 Å². The fourth-order valence-corrected chi connectivity index (χ4v) is 2.42. The van der Waals surface area contributed by atoms with Gasteiger partial charge in [-0.3, -0.25) is 4.79 Å². The topological polar surface area (TPSA) is 66.9 Å². The molecule has 0 atom stereocenters. The van der Waals surface area contributed by atoms with Crippen LogP contribution in [0.25, 0.3) is 0 Å². The van der Waals surface area contributed by atoms with E-state index in [1.807, 2.05) is 13.0 Å². The van der Waals surface area contributed by atoms with Gasteiger partial charge in [0.2, 0.25) is 5.91 Å². The zero-order valence-corrected chi connectivity index (χ0v) is 11.7. The number of carbonyl (C=O) groups excluding carboxylic acids is 1. The number of hydrogen-bond acceptors (Lipinski definition) is 4. The monoisotopic (exact) mass is 262 g/mol. The van der Waals surface area contributed by atoms with E-state index < -0.39 is 0 Å². The summed E-state index contributed by atoms with van der Waals surface area (Å²) in [7, 11) is 1.66. The smallest absolute Gasteiger partial charge is 0.220 e. The lowest BCUT2D eigenvalue weighted by molar-refractivity contribution is -0.120. The van der Waals surface area contributed by atoms with Crippen molar-refractivity contribution in [3.05, 3.63) is 23.3 Å². The highest BCUT2D eigenvalue weighted by Crippen LogP contribution is 2.22. The van der Waals surface area contributed by atoms with E-state index in [4.69, 9.17) is 0 Å². The molecule has 1 aliphatic heterocycles. The lowest BCUT2D eigenvalue weighted by atomic mass is 9.97. The number of amides is 1. The van der Waals surface area contributed by atoms with Gasteiger partial charge >= 0.3 is 0 Å². The highest BCUT2D eigenvalue weighted by Gasteiger charge is 2.18. The molecule has 0 bridgehead atoms. The molecule has 0 radical (unpaired) electrons. The van der Waals surface area contributed by atoms with Crippen molar-refractivity contribution in [2.75, 3.05) is 20.1 Å². The van der Waals surface area contributed by atoms with Crippen LogP contribution >= 0.6 is 0 Å². The molecule has 5 nitrogen and oxygen atoms in total. The van der Waals surface area contributed by atoms with Crippen LogP contribution in [0.15, 0.2) is 6.07 Å². The van der Waals surface area contributed by atoms with Gasteiger partial charge in [0.1, 0.15) is 5.82 Å². The Hall–Kier alpha value is -1.49. The first-order valence-corrected chi connectivity index (χ1v) is 6.95. The standard InChI is InChI=1S/C14H22N4O/c1-10-9-12(3-4-13(19)15-2)18-14(17-10)11-5-7-16-8-6-11/h9,11,16H,3-8H2,1-2H3,(H,15,19). The molecular formula is C14H22N4O. The van der Waals surface area contributed by atoms with Crippen LogP contribution in [-0.2, 0) is 11.2 Å². The molecule has 104 valence electrons. The summed E-state index contributed by atoms with van der Waals surface area (Å²) in [5, 5.41) is 5.99. The van der Waals surface area contributed by atoms with Gasteiger partial charge in [-0.2, -0.15) is 0 Å². The molecule has 0 aromatic carbocycles. The number of rotatable bonds is 4. The molecule has 1 aliphatic rings. The summed E-state index contributed by atoms with van der Waals surface area (Å²) in [5.74, 6) is 1.47. The quantitative estimate of drug-likeness (QED) is 0.847. The molecule has 0 aliphatic carbocycles. The predicted octanol–water partition coefficient (Wildman–Crippen LogP) is 0.931. The molecule has 0 spiro atoms. The number of nitrogens with one attached hydrogen (secondary N) is 2. The second-order valence-corrected chi connectivity index (χ2v) is 5.06. The highest BCUT2D eigenvalue weighted by molar-refractivity contribution is 5.75. The number of carbonyl (C=O) groups is 1. The van der Waals surface area contributed by atoms with Crippen molar-refractivity contribution in [1.29, 1.82) is 0 Å². The zero-order chi connectivity index (χ0) is 13.7. The molecule has 2 rings (SSSR count). The lowest BCUT2D eigenvalue weighted by Crippen LogP contribution is -2.27. The third kappa shape index (κ3) is 3.99. The van der Waals surface area contributed by atoms with Gasteiger partial charge in [-0.25, -0.2) is 9.97 Å². The second kappa shape index (κ2) is 6.61. The molecule has 2 heterocycles. The van der Waals surface area contributed by atoms with Crippen molar-refractivity contribution < 1.29 is 4.79 Å². The van der Waals surface area contributed by atoms with Gasteiger partial charge < -0.3 is 10.6 Å². The third-order valence-electron chi connectivity index (χ3n) is 3.52. The first-order valence-electron chi connectivity index (χ1n) is 6.95. The summed E-state index contributed by atoms with van der Waals surface area (Å²) in [5.41, 5.74) is 1.97. The molecule has 2 N–H and O–H groups in total. The molecule has 0 unspecified atom stereocenters. The lowest BCUT2D eigenvalue weighted by Gasteiger charge is -2.22. The van der Waals surface area contributed by atoms with Crippen LogP contribution in [0.5, 0.6) is 0 Å². The average molecular weight is 262 g/mol. The maximum absolute atomic E-state index is 11.3. The first kappa shape index (κ1) is 13.9. The number of nitrogens with zero attached hydrogens (tertiary/aromatic N) is 2. The Bertz CT molecular complexity index is 441. The molecule has 19 heavy (non-hydrogen) atoms. The highest BCUT2D eigenvalue weighted by atomic mass is 16.1. The minimum absolute atomic E-state index is 0.0553. The number of piperidine rings is 1. The number of aryl methyl sites for hydroxylation is 2. The van der Waals surface area contributed by atoms with Gasteiger partial charge in [0.05, 0.1) is 0 Å². The Balaban J connectivity index is 2.07. The zero-order valence-electron chi connectivity index (χ0n) is 11.7. The van der Waals surface area contributed by atoms with Gasteiger partial charge in [0.15, 0.2) is 0 Å². The Morgan fingerprint density at radius 1 is 1.42 bits per heavy atom. The largest absolute Gasteiger partial charge is 0.359 e.